The highest BCUT2D eigenvalue weighted by Crippen LogP contribution is 2.40. The smallest absolute Gasteiger partial charge is 0.113 e. The summed E-state index contributed by atoms with van der Waals surface area (Å²) in [6.07, 6.45) is 2.47. The Balaban J connectivity index is 2.05. The molecule has 68 valence electrons. The third kappa shape index (κ3) is 2.42. The van der Waals surface area contributed by atoms with E-state index in [0.29, 0.717) is 0 Å². The maximum absolute atomic E-state index is 5.48. The average Bonchev–Trinajstić information content (AvgIpc) is 2.84. The SMILES string of the molecule is BrC(Br)=C[C@@H]1O[C@H]1c1ccccc1. The van der Waals surface area contributed by atoms with E-state index in [4.69, 9.17) is 4.74 Å². The largest absolute Gasteiger partial charge is 0.360 e. The van der Waals surface area contributed by atoms with Crippen molar-refractivity contribution in [1.82, 2.24) is 0 Å². The Morgan fingerprint density at radius 3 is 2.54 bits per heavy atom. The van der Waals surface area contributed by atoms with Gasteiger partial charge in [0.25, 0.3) is 0 Å². The van der Waals surface area contributed by atoms with Gasteiger partial charge in [-0.25, -0.2) is 0 Å². The minimum atomic E-state index is 0.219. The molecule has 0 amide bonds. The molecule has 2 atom stereocenters. The van der Waals surface area contributed by atoms with Crippen LogP contribution >= 0.6 is 31.9 Å². The fraction of sp³-hybridized carbons (Fsp3) is 0.200. The maximum atomic E-state index is 5.48. The standard InChI is InChI=1S/C10H8Br2O/c11-9(12)6-8-10(13-8)7-4-2-1-3-5-7/h1-6,8,10H/t8-,10-/m0/s1. The van der Waals surface area contributed by atoms with Gasteiger partial charge in [0, 0.05) is 0 Å². The van der Waals surface area contributed by atoms with Gasteiger partial charge in [-0.1, -0.05) is 30.3 Å². The molecule has 1 heterocycles. The number of ether oxygens (including phenoxy) is 1. The van der Waals surface area contributed by atoms with Crippen LogP contribution in [0.1, 0.15) is 11.7 Å². The molecular formula is C10H8Br2O. The monoisotopic (exact) mass is 302 g/mol. The minimum absolute atomic E-state index is 0.219. The molecule has 1 fully saturated rings. The third-order valence-corrected chi connectivity index (χ3v) is 2.47. The molecule has 0 unspecified atom stereocenters. The molecule has 1 aromatic rings. The third-order valence-electron chi connectivity index (χ3n) is 1.94. The number of benzene rings is 1. The summed E-state index contributed by atoms with van der Waals surface area (Å²) < 4.78 is 6.43. The Morgan fingerprint density at radius 1 is 1.23 bits per heavy atom. The van der Waals surface area contributed by atoms with Crippen LogP contribution in [0.15, 0.2) is 39.8 Å². The highest BCUT2D eigenvalue weighted by molar-refractivity contribution is 9.28. The Bertz CT molecular complexity index is 317. The Labute approximate surface area is 94.0 Å². The Hall–Kier alpha value is -0.120. The second-order valence-corrected chi connectivity index (χ2v) is 5.66. The lowest BCUT2D eigenvalue weighted by atomic mass is 10.1. The maximum Gasteiger partial charge on any atom is 0.113 e. The fourth-order valence-electron chi connectivity index (χ4n) is 1.29. The van der Waals surface area contributed by atoms with Gasteiger partial charge in [-0.05, 0) is 43.5 Å². The average molecular weight is 304 g/mol. The first kappa shape index (κ1) is 9.44. The van der Waals surface area contributed by atoms with E-state index in [-0.39, 0.29) is 12.2 Å². The van der Waals surface area contributed by atoms with Crippen molar-refractivity contribution in [3.63, 3.8) is 0 Å². The topological polar surface area (TPSA) is 12.5 Å². The fourth-order valence-corrected chi connectivity index (χ4v) is 1.81. The van der Waals surface area contributed by atoms with Gasteiger partial charge in [0.2, 0.25) is 0 Å². The van der Waals surface area contributed by atoms with Crippen molar-refractivity contribution in [1.29, 1.82) is 0 Å². The highest BCUT2D eigenvalue weighted by Gasteiger charge is 2.38. The van der Waals surface area contributed by atoms with Crippen molar-refractivity contribution in [3.05, 3.63) is 45.4 Å². The zero-order valence-electron chi connectivity index (χ0n) is 6.78. The van der Waals surface area contributed by atoms with Crippen molar-refractivity contribution >= 4 is 31.9 Å². The van der Waals surface area contributed by atoms with Crippen LogP contribution in [0.5, 0.6) is 0 Å². The molecule has 0 spiro atoms. The molecule has 2 rings (SSSR count). The van der Waals surface area contributed by atoms with Crippen molar-refractivity contribution in [2.45, 2.75) is 12.2 Å². The van der Waals surface area contributed by atoms with E-state index >= 15 is 0 Å². The van der Waals surface area contributed by atoms with Crippen molar-refractivity contribution in [2.75, 3.05) is 0 Å². The molecule has 0 radical (unpaired) electrons. The van der Waals surface area contributed by atoms with E-state index in [1.54, 1.807) is 0 Å². The summed E-state index contributed by atoms with van der Waals surface area (Å²) in [5.74, 6) is 0. The highest BCUT2D eigenvalue weighted by atomic mass is 79.9. The Kier molecular flexibility index (Phi) is 2.86. The van der Waals surface area contributed by atoms with E-state index < -0.39 is 0 Å². The van der Waals surface area contributed by atoms with Crippen LogP contribution in [0, 0.1) is 0 Å². The molecule has 1 saturated heterocycles. The van der Waals surface area contributed by atoms with Gasteiger partial charge in [-0.2, -0.15) is 0 Å². The first-order chi connectivity index (χ1) is 6.27. The van der Waals surface area contributed by atoms with Crippen LogP contribution in [-0.2, 0) is 4.74 Å². The minimum Gasteiger partial charge on any atom is -0.360 e. The van der Waals surface area contributed by atoms with E-state index in [0.717, 1.165) is 3.39 Å². The summed E-state index contributed by atoms with van der Waals surface area (Å²) in [7, 11) is 0. The molecule has 0 aromatic heterocycles. The van der Waals surface area contributed by atoms with Gasteiger partial charge in [-0.3, -0.25) is 0 Å². The number of epoxide rings is 1. The summed E-state index contributed by atoms with van der Waals surface area (Å²) in [6.45, 7) is 0. The first-order valence-corrected chi connectivity index (χ1v) is 5.59. The number of rotatable bonds is 2. The lowest BCUT2D eigenvalue weighted by molar-refractivity contribution is 0.394. The molecule has 0 saturated carbocycles. The molecule has 0 bridgehead atoms. The molecule has 1 nitrogen and oxygen atoms in total. The van der Waals surface area contributed by atoms with E-state index in [9.17, 15) is 0 Å². The molecule has 0 aliphatic carbocycles. The van der Waals surface area contributed by atoms with Crippen LogP contribution in [0.3, 0.4) is 0 Å². The predicted molar refractivity (Wildman–Crippen MR) is 60.0 cm³/mol. The van der Waals surface area contributed by atoms with Crippen LogP contribution in [0.2, 0.25) is 0 Å². The van der Waals surface area contributed by atoms with Crippen molar-refractivity contribution in [3.8, 4) is 0 Å². The van der Waals surface area contributed by atoms with E-state index in [1.165, 1.54) is 5.56 Å². The number of hydrogen-bond donors (Lipinski definition) is 0. The predicted octanol–water partition coefficient (Wildman–Crippen LogP) is 3.76. The molecule has 1 aliphatic rings. The molecule has 1 aliphatic heterocycles. The van der Waals surface area contributed by atoms with Crippen LogP contribution in [0.4, 0.5) is 0 Å². The first-order valence-electron chi connectivity index (χ1n) is 4.00. The molecule has 3 heteroatoms. The Morgan fingerprint density at radius 2 is 1.92 bits per heavy atom. The second-order valence-electron chi connectivity index (χ2n) is 2.89. The van der Waals surface area contributed by atoms with Gasteiger partial charge in [0.1, 0.15) is 12.2 Å². The van der Waals surface area contributed by atoms with Gasteiger partial charge in [-0.15, -0.1) is 0 Å². The van der Waals surface area contributed by atoms with Crippen LogP contribution in [0.25, 0.3) is 0 Å². The molecule has 0 N–H and O–H groups in total. The summed E-state index contributed by atoms with van der Waals surface area (Å²) in [5.41, 5.74) is 1.24. The van der Waals surface area contributed by atoms with Gasteiger partial charge < -0.3 is 4.74 Å². The zero-order valence-corrected chi connectivity index (χ0v) is 9.95. The van der Waals surface area contributed by atoms with Gasteiger partial charge in [0.05, 0.1) is 3.39 Å². The molecule has 1 aromatic carbocycles. The summed E-state index contributed by atoms with van der Waals surface area (Å²) in [6, 6.07) is 10.2. The van der Waals surface area contributed by atoms with Gasteiger partial charge >= 0.3 is 0 Å². The van der Waals surface area contributed by atoms with Gasteiger partial charge in [0.15, 0.2) is 0 Å². The summed E-state index contributed by atoms with van der Waals surface area (Å²) >= 11 is 6.63. The van der Waals surface area contributed by atoms with E-state index in [2.05, 4.69) is 44.0 Å². The second kappa shape index (κ2) is 3.95. The molecular weight excluding hydrogens is 296 g/mol. The van der Waals surface area contributed by atoms with Crippen molar-refractivity contribution in [2.24, 2.45) is 0 Å². The van der Waals surface area contributed by atoms with Crippen LogP contribution < -0.4 is 0 Å². The number of hydrogen-bond acceptors (Lipinski definition) is 1. The zero-order chi connectivity index (χ0) is 9.26. The number of halogens is 2. The molecule has 13 heavy (non-hydrogen) atoms. The lowest BCUT2D eigenvalue weighted by Gasteiger charge is -1.91. The van der Waals surface area contributed by atoms with Crippen molar-refractivity contribution < 1.29 is 4.74 Å². The summed E-state index contributed by atoms with van der Waals surface area (Å²) in [5, 5.41) is 0. The quantitative estimate of drug-likeness (QED) is 0.758. The van der Waals surface area contributed by atoms with E-state index in [1.807, 2.05) is 24.3 Å². The van der Waals surface area contributed by atoms with Crippen LogP contribution in [-0.4, -0.2) is 6.10 Å². The summed E-state index contributed by atoms with van der Waals surface area (Å²) in [4.78, 5) is 0. The lowest BCUT2D eigenvalue weighted by Crippen LogP contribution is -1.83. The normalized spacial score (nSPS) is 25.4.